The lowest BCUT2D eigenvalue weighted by Gasteiger charge is -2.43. The largest absolute Gasteiger partial charge is 0.379 e. The van der Waals surface area contributed by atoms with Gasteiger partial charge in [0.15, 0.2) is 0 Å². The molecule has 0 bridgehead atoms. The topological polar surface area (TPSA) is 44.8 Å². The number of hydrogen-bond donors (Lipinski definition) is 1. The van der Waals surface area contributed by atoms with Crippen LogP contribution in [0.3, 0.4) is 0 Å². The Bertz CT molecular complexity index is 229. The quantitative estimate of drug-likeness (QED) is 0.613. The van der Waals surface area contributed by atoms with Gasteiger partial charge in [-0.25, -0.2) is 0 Å². The lowest BCUT2D eigenvalue weighted by molar-refractivity contribution is -0.139. The van der Waals surface area contributed by atoms with Gasteiger partial charge in [-0.05, 0) is 0 Å². The molecular weight excluding hydrogens is 194 g/mol. The van der Waals surface area contributed by atoms with Crippen LogP contribution < -0.4 is 5.32 Å². The normalized spacial score (nSPS) is 29.1. The minimum atomic E-state index is 0.174. The Balaban J connectivity index is 1.99. The van der Waals surface area contributed by atoms with Gasteiger partial charge in [-0.1, -0.05) is 0 Å². The second kappa shape index (κ2) is 4.92. The predicted molar refractivity (Wildman–Crippen MR) is 56.4 cm³/mol. The summed E-state index contributed by atoms with van der Waals surface area (Å²) in [4.78, 5) is 15.8. The van der Waals surface area contributed by atoms with E-state index in [2.05, 4.69) is 10.2 Å². The molecule has 5 nitrogen and oxygen atoms in total. The number of carbonyl (C=O) groups is 1. The number of rotatable bonds is 1. The molecule has 2 fully saturated rings. The molecule has 0 aromatic heterocycles. The second-order valence-corrected chi connectivity index (χ2v) is 4.05. The fourth-order valence-electron chi connectivity index (χ4n) is 2.26. The number of ether oxygens (including phenoxy) is 1. The number of amides is 1. The van der Waals surface area contributed by atoms with Gasteiger partial charge >= 0.3 is 0 Å². The van der Waals surface area contributed by atoms with Crippen molar-refractivity contribution < 1.29 is 9.53 Å². The van der Waals surface area contributed by atoms with E-state index in [9.17, 15) is 4.79 Å². The van der Waals surface area contributed by atoms with E-state index < -0.39 is 0 Å². The van der Waals surface area contributed by atoms with E-state index in [0.29, 0.717) is 0 Å². The number of morpholine rings is 1. The van der Waals surface area contributed by atoms with Gasteiger partial charge in [0.05, 0.1) is 19.4 Å². The molecule has 1 atom stereocenters. The maximum absolute atomic E-state index is 11.5. The molecule has 1 amide bonds. The minimum absolute atomic E-state index is 0.174. The molecule has 2 rings (SSSR count). The summed E-state index contributed by atoms with van der Waals surface area (Å²) in [5.74, 6) is 0.174. The van der Waals surface area contributed by atoms with Crippen LogP contribution in [0.4, 0.5) is 0 Å². The zero-order valence-corrected chi connectivity index (χ0v) is 9.24. The summed E-state index contributed by atoms with van der Waals surface area (Å²) in [6.07, 6.45) is 0.222. The number of nitrogens with zero attached hydrogens (tertiary/aromatic N) is 2. The molecule has 0 spiro atoms. The Morgan fingerprint density at radius 1 is 1.33 bits per heavy atom. The van der Waals surface area contributed by atoms with Crippen molar-refractivity contribution in [1.29, 1.82) is 0 Å². The van der Waals surface area contributed by atoms with E-state index in [-0.39, 0.29) is 12.1 Å². The fourth-order valence-corrected chi connectivity index (χ4v) is 2.26. The molecule has 0 saturated carbocycles. The summed E-state index contributed by atoms with van der Waals surface area (Å²) in [5.41, 5.74) is 0. The third-order valence-electron chi connectivity index (χ3n) is 3.09. The Morgan fingerprint density at radius 2 is 2.07 bits per heavy atom. The summed E-state index contributed by atoms with van der Waals surface area (Å²) < 4.78 is 5.32. The van der Waals surface area contributed by atoms with Crippen molar-refractivity contribution >= 4 is 5.91 Å². The van der Waals surface area contributed by atoms with Crippen molar-refractivity contribution in [3.63, 3.8) is 0 Å². The molecular formula is C10H19N3O2. The van der Waals surface area contributed by atoms with Crippen LogP contribution in [-0.4, -0.2) is 67.8 Å². The maximum atomic E-state index is 11.5. The molecule has 2 aliphatic heterocycles. The number of hydrogen-bond acceptors (Lipinski definition) is 4. The van der Waals surface area contributed by atoms with Crippen LogP contribution in [0.5, 0.6) is 0 Å². The summed E-state index contributed by atoms with van der Waals surface area (Å²) >= 11 is 0. The summed E-state index contributed by atoms with van der Waals surface area (Å²) in [6.45, 7) is 7.66. The molecule has 15 heavy (non-hydrogen) atoms. The molecule has 1 N–H and O–H groups in total. The van der Waals surface area contributed by atoms with Gasteiger partial charge in [0.25, 0.3) is 0 Å². The van der Waals surface area contributed by atoms with E-state index >= 15 is 0 Å². The minimum Gasteiger partial charge on any atom is -0.379 e. The average molecular weight is 213 g/mol. The first kappa shape index (κ1) is 10.9. The first-order valence-corrected chi connectivity index (χ1v) is 5.59. The molecule has 1 unspecified atom stereocenters. The van der Waals surface area contributed by atoms with E-state index in [1.807, 2.05) is 4.90 Å². The van der Waals surface area contributed by atoms with Crippen molar-refractivity contribution in [3.05, 3.63) is 0 Å². The zero-order chi connectivity index (χ0) is 10.7. The maximum Gasteiger partial charge on any atom is 0.220 e. The molecule has 0 aromatic rings. The third-order valence-corrected chi connectivity index (χ3v) is 3.09. The Morgan fingerprint density at radius 3 is 2.73 bits per heavy atom. The monoisotopic (exact) mass is 213 g/mol. The second-order valence-electron chi connectivity index (χ2n) is 4.05. The smallest absolute Gasteiger partial charge is 0.220 e. The highest BCUT2D eigenvalue weighted by molar-refractivity contribution is 5.73. The molecule has 5 heteroatoms. The first-order chi connectivity index (χ1) is 7.29. The van der Waals surface area contributed by atoms with Crippen LogP contribution in [0, 0.1) is 0 Å². The van der Waals surface area contributed by atoms with Crippen molar-refractivity contribution in [3.8, 4) is 0 Å². The van der Waals surface area contributed by atoms with Crippen molar-refractivity contribution in [2.24, 2.45) is 0 Å². The molecule has 0 aliphatic carbocycles. The Hall–Kier alpha value is -0.650. The Labute approximate surface area is 90.4 Å². The van der Waals surface area contributed by atoms with Crippen molar-refractivity contribution in [2.75, 3.05) is 45.9 Å². The van der Waals surface area contributed by atoms with Crippen LogP contribution in [-0.2, 0) is 9.53 Å². The summed E-state index contributed by atoms with van der Waals surface area (Å²) in [6, 6.07) is 0. The molecule has 2 aliphatic rings. The lowest BCUT2D eigenvalue weighted by atomic mass is 10.2. The highest BCUT2D eigenvalue weighted by Crippen LogP contribution is 2.11. The number of piperazine rings is 1. The van der Waals surface area contributed by atoms with Crippen LogP contribution in [0.15, 0.2) is 0 Å². The highest BCUT2D eigenvalue weighted by Gasteiger charge is 2.30. The zero-order valence-electron chi connectivity index (χ0n) is 9.24. The SMILES string of the molecule is CC(=O)N1CCNCC1N1CCOCC1. The predicted octanol–water partition coefficient (Wildman–Crippen LogP) is -0.904. The number of nitrogens with one attached hydrogen (secondary N) is 1. The molecule has 0 aromatic carbocycles. The van der Waals surface area contributed by atoms with Gasteiger partial charge in [-0.15, -0.1) is 0 Å². The van der Waals surface area contributed by atoms with Gasteiger partial charge in [-0.3, -0.25) is 9.69 Å². The molecule has 2 saturated heterocycles. The van der Waals surface area contributed by atoms with Gasteiger partial charge in [0.2, 0.25) is 5.91 Å². The Kier molecular flexibility index (Phi) is 3.56. The van der Waals surface area contributed by atoms with Crippen LogP contribution in [0.2, 0.25) is 0 Å². The summed E-state index contributed by atoms with van der Waals surface area (Å²) in [5, 5.41) is 3.34. The van der Waals surface area contributed by atoms with Crippen LogP contribution in [0.1, 0.15) is 6.92 Å². The molecule has 0 radical (unpaired) electrons. The van der Waals surface area contributed by atoms with Crippen LogP contribution >= 0.6 is 0 Å². The van der Waals surface area contributed by atoms with Gasteiger partial charge < -0.3 is 15.0 Å². The fraction of sp³-hybridized carbons (Fsp3) is 0.900. The first-order valence-electron chi connectivity index (χ1n) is 5.59. The molecule has 2 heterocycles. The van der Waals surface area contributed by atoms with E-state index in [1.54, 1.807) is 6.92 Å². The van der Waals surface area contributed by atoms with E-state index in [1.165, 1.54) is 0 Å². The van der Waals surface area contributed by atoms with Gasteiger partial charge in [0.1, 0.15) is 0 Å². The van der Waals surface area contributed by atoms with E-state index in [4.69, 9.17) is 4.74 Å². The van der Waals surface area contributed by atoms with Crippen molar-refractivity contribution in [1.82, 2.24) is 15.1 Å². The van der Waals surface area contributed by atoms with E-state index in [0.717, 1.165) is 45.9 Å². The van der Waals surface area contributed by atoms with Gasteiger partial charge in [0, 0.05) is 39.6 Å². The van der Waals surface area contributed by atoms with Crippen LogP contribution in [0.25, 0.3) is 0 Å². The third kappa shape index (κ3) is 2.48. The van der Waals surface area contributed by atoms with Gasteiger partial charge in [-0.2, -0.15) is 0 Å². The highest BCUT2D eigenvalue weighted by atomic mass is 16.5. The standard InChI is InChI=1S/C10H19N3O2/c1-9(14)13-3-2-11-8-10(13)12-4-6-15-7-5-12/h10-11H,2-8H2,1H3. The average Bonchev–Trinajstić information content (AvgIpc) is 2.30. The summed E-state index contributed by atoms with van der Waals surface area (Å²) in [7, 11) is 0. The molecule has 86 valence electrons. The van der Waals surface area contributed by atoms with Crippen molar-refractivity contribution in [2.45, 2.75) is 13.1 Å². The number of carbonyl (C=O) groups excluding carboxylic acids is 1. The lowest BCUT2D eigenvalue weighted by Crippen LogP contribution is -2.62.